The minimum atomic E-state index is -1.21. The van der Waals surface area contributed by atoms with E-state index in [0.29, 0.717) is 15.7 Å². The summed E-state index contributed by atoms with van der Waals surface area (Å²) in [7, 11) is 0. The maximum atomic E-state index is 10.7. The van der Waals surface area contributed by atoms with Crippen LogP contribution in [0.15, 0.2) is 18.2 Å². The molecule has 0 saturated heterocycles. The van der Waals surface area contributed by atoms with Gasteiger partial charge in [0.05, 0.1) is 12.0 Å². The minimum absolute atomic E-state index is 0.117. The van der Waals surface area contributed by atoms with E-state index in [1.807, 2.05) is 0 Å². The molecular weight excluding hydrogens is 263 g/mol. The molecule has 1 amide bonds. The predicted octanol–water partition coefficient (Wildman–Crippen LogP) is 2.03. The summed E-state index contributed by atoms with van der Waals surface area (Å²) >= 11 is 11.6. The number of hydrogen-bond acceptors (Lipinski definition) is 3. The molecule has 0 aliphatic rings. The lowest BCUT2D eigenvalue weighted by Crippen LogP contribution is -2.37. The second-order valence-corrected chi connectivity index (χ2v) is 5.02. The average Bonchev–Trinajstić information content (AvgIpc) is 2.11. The summed E-state index contributed by atoms with van der Waals surface area (Å²) in [5, 5.41) is 13.8. The zero-order chi connectivity index (χ0) is 13.1. The van der Waals surface area contributed by atoms with Gasteiger partial charge in [0.1, 0.15) is 0 Å². The van der Waals surface area contributed by atoms with Gasteiger partial charge in [0, 0.05) is 22.3 Å². The summed E-state index contributed by atoms with van der Waals surface area (Å²) in [6.07, 6.45) is -0.117. The van der Waals surface area contributed by atoms with E-state index in [4.69, 9.17) is 28.9 Å². The van der Waals surface area contributed by atoms with E-state index in [0.717, 1.165) is 0 Å². The van der Waals surface area contributed by atoms with Gasteiger partial charge in [-0.05, 0) is 25.1 Å². The van der Waals surface area contributed by atoms with Crippen LogP contribution in [0.25, 0.3) is 0 Å². The molecule has 94 valence electrons. The maximum Gasteiger partial charge on any atom is 0.220 e. The van der Waals surface area contributed by atoms with Crippen molar-refractivity contribution in [1.82, 2.24) is 0 Å². The van der Waals surface area contributed by atoms with Crippen LogP contribution in [0.3, 0.4) is 0 Å². The Morgan fingerprint density at radius 3 is 2.41 bits per heavy atom. The molecule has 6 heteroatoms. The van der Waals surface area contributed by atoms with Crippen LogP contribution >= 0.6 is 23.2 Å². The predicted molar refractivity (Wildman–Crippen MR) is 69.4 cm³/mol. The van der Waals surface area contributed by atoms with Crippen LogP contribution < -0.4 is 11.1 Å². The molecule has 0 radical (unpaired) electrons. The molecule has 0 aliphatic carbocycles. The molecule has 4 nitrogen and oxygen atoms in total. The molecule has 1 aromatic rings. The van der Waals surface area contributed by atoms with Crippen LogP contribution in [0.1, 0.15) is 13.3 Å². The number of rotatable bonds is 5. The van der Waals surface area contributed by atoms with Crippen LogP contribution in [0.4, 0.5) is 5.69 Å². The fraction of sp³-hybridized carbons (Fsp3) is 0.364. The van der Waals surface area contributed by atoms with Crippen LogP contribution in [-0.4, -0.2) is 23.2 Å². The van der Waals surface area contributed by atoms with Gasteiger partial charge in [-0.15, -0.1) is 0 Å². The Labute approximate surface area is 110 Å². The maximum absolute atomic E-state index is 10.7. The second kappa shape index (κ2) is 5.58. The van der Waals surface area contributed by atoms with Crippen LogP contribution in [0, 0.1) is 0 Å². The van der Waals surface area contributed by atoms with Crippen molar-refractivity contribution in [3.8, 4) is 0 Å². The summed E-state index contributed by atoms with van der Waals surface area (Å²) in [5.41, 5.74) is 4.49. The zero-order valence-electron chi connectivity index (χ0n) is 9.34. The molecule has 0 spiro atoms. The molecule has 0 saturated carbocycles. The highest BCUT2D eigenvalue weighted by atomic mass is 35.5. The molecule has 1 atom stereocenters. The van der Waals surface area contributed by atoms with Gasteiger partial charge in [0.25, 0.3) is 0 Å². The number of nitrogens with one attached hydrogen (secondary N) is 1. The summed E-state index contributed by atoms with van der Waals surface area (Å²) in [5.74, 6) is -0.555. The summed E-state index contributed by atoms with van der Waals surface area (Å²) in [4.78, 5) is 10.7. The number of amides is 1. The molecule has 1 unspecified atom stereocenters. The van der Waals surface area contributed by atoms with Crippen molar-refractivity contribution in [1.29, 1.82) is 0 Å². The number of hydrogen-bond donors (Lipinski definition) is 3. The fourth-order valence-electron chi connectivity index (χ4n) is 1.39. The third-order valence-corrected chi connectivity index (χ3v) is 2.53. The standard InChI is InChI=1S/C11H14Cl2N2O2/c1-11(17,5-10(14)16)6-15-9-3-7(12)2-8(13)4-9/h2-4,15,17H,5-6H2,1H3,(H2,14,16). The molecule has 1 aromatic carbocycles. The Kier molecular flexibility index (Phi) is 4.62. The number of primary amides is 1. The van der Waals surface area contributed by atoms with Crippen molar-refractivity contribution in [2.24, 2.45) is 5.73 Å². The normalized spacial score (nSPS) is 14.1. The van der Waals surface area contributed by atoms with E-state index >= 15 is 0 Å². The first-order chi connectivity index (χ1) is 7.78. The average molecular weight is 277 g/mol. The molecule has 17 heavy (non-hydrogen) atoms. The van der Waals surface area contributed by atoms with Crippen molar-refractivity contribution in [2.45, 2.75) is 18.9 Å². The lowest BCUT2D eigenvalue weighted by molar-refractivity contribution is -0.121. The van der Waals surface area contributed by atoms with Crippen LogP contribution in [0.2, 0.25) is 10.0 Å². The fourth-order valence-corrected chi connectivity index (χ4v) is 1.91. The van der Waals surface area contributed by atoms with Gasteiger partial charge in [-0.2, -0.15) is 0 Å². The molecule has 0 aliphatic heterocycles. The number of carbonyl (C=O) groups is 1. The van der Waals surface area contributed by atoms with Crippen molar-refractivity contribution in [3.05, 3.63) is 28.2 Å². The van der Waals surface area contributed by atoms with Crippen LogP contribution in [-0.2, 0) is 4.79 Å². The first-order valence-corrected chi connectivity index (χ1v) is 5.75. The number of aliphatic hydroxyl groups is 1. The molecule has 0 heterocycles. The Hall–Kier alpha value is -0.970. The largest absolute Gasteiger partial charge is 0.388 e. The third-order valence-electron chi connectivity index (χ3n) is 2.09. The molecule has 4 N–H and O–H groups in total. The number of anilines is 1. The Bertz CT molecular complexity index is 402. The Balaban J connectivity index is 2.63. The molecule has 1 rings (SSSR count). The Morgan fingerprint density at radius 2 is 1.94 bits per heavy atom. The minimum Gasteiger partial charge on any atom is -0.388 e. The topological polar surface area (TPSA) is 75.3 Å². The first-order valence-electron chi connectivity index (χ1n) is 4.99. The first kappa shape index (κ1) is 14.1. The summed E-state index contributed by atoms with van der Waals surface area (Å²) in [6, 6.07) is 4.96. The lowest BCUT2D eigenvalue weighted by atomic mass is 10.0. The van der Waals surface area contributed by atoms with Gasteiger partial charge >= 0.3 is 0 Å². The number of nitrogens with two attached hydrogens (primary N) is 1. The van der Waals surface area contributed by atoms with E-state index in [9.17, 15) is 9.90 Å². The quantitative estimate of drug-likeness (QED) is 0.770. The zero-order valence-corrected chi connectivity index (χ0v) is 10.8. The van der Waals surface area contributed by atoms with Gasteiger partial charge in [-0.3, -0.25) is 4.79 Å². The molecule has 0 aromatic heterocycles. The highest BCUT2D eigenvalue weighted by Crippen LogP contribution is 2.23. The van der Waals surface area contributed by atoms with E-state index in [1.54, 1.807) is 18.2 Å². The second-order valence-electron chi connectivity index (χ2n) is 4.15. The van der Waals surface area contributed by atoms with Crippen molar-refractivity contribution >= 4 is 34.8 Å². The lowest BCUT2D eigenvalue weighted by Gasteiger charge is -2.22. The van der Waals surface area contributed by atoms with Crippen LogP contribution in [0.5, 0.6) is 0 Å². The van der Waals surface area contributed by atoms with Gasteiger partial charge in [0.2, 0.25) is 5.91 Å². The number of benzene rings is 1. The third kappa shape index (κ3) is 5.26. The smallest absolute Gasteiger partial charge is 0.220 e. The highest BCUT2D eigenvalue weighted by molar-refractivity contribution is 6.35. The molecular formula is C11H14Cl2N2O2. The Morgan fingerprint density at radius 1 is 1.41 bits per heavy atom. The summed E-state index contributed by atoms with van der Waals surface area (Å²) < 4.78 is 0. The van der Waals surface area contributed by atoms with Crippen molar-refractivity contribution < 1.29 is 9.90 Å². The summed E-state index contributed by atoms with van der Waals surface area (Å²) in [6.45, 7) is 1.70. The van der Waals surface area contributed by atoms with Crippen molar-refractivity contribution in [2.75, 3.05) is 11.9 Å². The van der Waals surface area contributed by atoms with E-state index in [1.165, 1.54) is 6.92 Å². The van der Waals surface area contributed by atoms with Gasteiger partial charge in [0.15, 0.2) is 0 Å². The van der Waals surface area contributed by atoms with E-state index in [2.05, 4.69) is 5.32 Å². The van der Waals surface area contributed by atoms with Gasteiger partial charge in [-0.25, -0.2) is 0 Å². The van der Waals surface area contributed by atoms with E-state index in [-0.39, 0.29) is 13.0 Å². The number of carbonyl (C=O) groups excluding carboxylic acids is 1. The molecule has 0 bridgehead atoms. The van der Waals surface area contributed by atoms with Gasteiger partial charge in [-0.1, -0.05) is 23.2 Å². The van der Waals surface area contributed by atoms with Crippen molar-refractivity contribution in [3.63, 3.8) is 0 Å². The number of halogens is 2. The monoisotopic (exact) mass is 276 g/mol. The SMILES string of the molecule is CC(O)(CNc1cc(Cl)cc(Cl)c1)CC(N)=O. The highest BCUT2D eigenvalue weighted by Gasteiger charge is 2.22. The van der Waals surface area contributed by atoms with Gasteiger partial charge < -0.3 is 16.2 Å². The van der Waals surface area contributed by atoms with E-state index < -0.39 is 11.5 Å². The molecule has 0 fully saturated rings.